The number of rotatable bonds is 3. The molecule has 128 valence electrons. The second kappa shape index (κ2) is 5.70. The van der Waals surface area contributed by atoms with Crippen LogP contribution in [0.1, 0.15) is 16.2 Å². The van der Waals surface area contributed by atoms with E-state index in [1.165, 1.54) is 4.57 Å². The average Bonchev–Trinajstić information content (AvgIpc) is 3.12. The summed E-state index contributed by atoms with van der Waals surface area (Å²) < 4.78 is 4.67. The third-order valence-electron chi connectivity index (χ3n) is 4.65. The van der Waals surface area contributed by atoms with Crippen molar-refractivity contribution in [2.24, 2.45) is 14.1 Å². The molecule has 0 N–H and O–H groups in total. The monoisotopic (exact) mass is 345 g/mol. The van der Waals surface area contributed by atoms with Crippen molar-refractivity contribution in [2.75, 3.05) is 0 Å². The predicted molar refractivity (Wildman–Crippen MR) is 96.9 cm³/mol. The van der Waals surface area contributed by atoms with Crippen molar-refractivity contribution in [3.63, 3.8) is 0 Å². The van der Waals surface area contributed by atoms with Crippen LogP contribution in [0.5, 0.6) is 0 Å². The Labute approximate surface area is 148 Å². The first-order chi connectivity index (χ1) is 12.5. The van der Waals surface area contributed by atoms with E-state index in [9.17, 15) is 14.9 Å². The van der Waals surface area contributed by atoms with Gasteiger partial charge >= 0.3 is 5.69 Å². The highest BCUT2D eigenvalue weighted by atomic mass is 16.1. The van der Waals surface area contributed by atoms with E-state index in [1.54, 1.807) is 41.4 Å². The molecule has 7 heteroatoms. The quantitative estimate of drug-likeness (QED) is 0.531. The van der Waals surface area contributed by atoms with Crippen LogP contribution >= 0.6 is 0 Å². The zero-order chi connectivity index (χ0) is 18.4. The summed E-state index contributed by atoms with van der Waals surface area (Å²) in [6.07, 6.45) is 0. The number of para-hydroxylation sites is 2. The van der Waals surface area contributed by atoms with Crippen molar-refractivity contribution in [1.82, 2.24) is 18.7 Å². The molecule has 0 aliphatic rings. The van der Waals surface area contributed by atoms with Crippen molar-refractivity contribution in [1.29, 1.82) is 5.26 Å². The van der Waals surface area contributed by atoms with Gasteiger partial charge in [0.15, 0.2) is 5.78 Å². The highest BCUT2D eigenvalue weighted by Gasteiger charge is 2.16. The lowest BCUT2D eigenvalue weighted by molar-refractivity contribution is 0.0973. The summed E-state index contributed by atoms with van der Waals surface area (Å²) in [5.41, 5.74) is 3.22. The van der Waals surface area contributed by atoms with E-state index in [-0.39, 0.29) is 23.8 Å². The molecule has 0 unspecified atom stereocenters. The van der Waals surface area contributed by atoms with Gasteiger partial charge < -0.3 is 4.57 Å². The van der Waals surface area contributed by atoms with Gasteiger partial charge in [-0.2, -0.15) is 5.26 Å². The van der Waals surface area contributed by atoms with Crippen LogP contribution in [0.15, 0.2) is 47.3 Å². The Bertz CT molecular complexity index is 1280. The Morgan fingerprint density at radius 2 is 1.81 bits per heavy atom. The summed E-state index contributed by atoms with van der Waals surface area (Å²) in [4.78, 5) is 29.1. The molecule has 0 saturated carbocycles. The average molecular weight is 345 g/mol. The minimum absolute atomic E-state index is 0.00962. The number of nitrogens with zero attached hydrogens (tertiary/aromatic N) is 5. The van der Waals surface area contributed by atoms with Crippen LogP contribution in [0, 0.1) is 11.3 Å². The number of ketones is 1. The van der Waals surface area contributed by atoms with Crippen LogP contribution in [0.2, 0.25) is 0 Å². The molecule has 2 aromatic heterocycles. The van der Waals surface area contributed by atoms with Crippen LogP contribution in [0.25, 0.3) is 22.1 Å². The summed E-state index contributed by atoms with van der Waals surface area (Å²) in [6, 6.07) is 14.6. The van der Waals surface area contributed by atoms with Gasteiger partial charge in [0, 0.05) is 19.7 Å². The number of hydrogen-bond acceptors (Lipinski definition) is 4. The van der Waals surface area contributed by atoms with Crippen LogP contribution < -0.4 is 5.69 Å². The van der Waals surface area contributed by atoms with Crippen LogP contribution in [0.3, 0.4) is 0 Å². The molecule has 2 heterocycles. The third-order valence-corrected chi connectivity index (χ3v) is 4.65. The first-order valence-corrected chi connectivity index (χ1v) is 8.05. The molecular formula is C19H15N5O2. The lowest BCUT2D eigenvalue weighted by Crippen LogP contribution is -2.19. The summed E-state index contributed by atoms with van der Waals surface area (Å²) in [5.74, 6) is 0.0515. The van der Waals surface area contributed by atoms with Gasteiger partial charge in [-0.1, -0.05) is 12.1 Å². The van der Waals surface area contributed by atoms with Gasteiger partial charge in [-0.05, 0) is 30.3 Å². The molecule has 7 nitrogen and oxygen atoms in total. The normalized spacial score (nSPS) is 11.1. The number of benzene rings is 2. The zero-order valence-electron chi connectivity index (χ0n) is 14.3. The molecule has 0 atom stereocenters. The van der Waals surface area contributed by atoms with Crippen molar-refractivity contribution >= 4 is 27.9 Å². The Balaban J connectivity index is 1.78. The van der Waals surface area contributed by atoms with E-state index < -0.39 is 0 Å². The fraction of sp³-hybridized carbons (Fsp3) is 0.158. The molecule has 0 amide bonds. The van der Waals surface area contributed by atoms with Crippen LogP contribution in [0.4, 0.5) is 0 Å². The molecule has 0 spiro atoms. The molecule has 0 radical (unpaired) electrons. The number of imidazole rings is 2. The predicted octanol–water partition coefficient (Wildman–Crippen LogP) is 1.98. The van der Waals surface area contributed by atoms with E-state index in [2.05, 4.69) is 4.98 Å². The molecule has 0 fully saturated rings. The van der Waals surface area contributed by atoms with Gasteiger partial charge in [0.05, 0.1) is 28.6 Å². The Kier molecular flexibility index (Phi) is 3.48. The van der Waals surface area contributed by atoms with E-state index in [1.807, 2.05) is 30.3 Å². The molecule has 0 saturated heterocycles. The van der Waals surface area contributed by atoms with Crippen LogP contribution in [-0.4, -0.2) is 24.5 Å². The van der Waals surface area contributed by atoms with E-state index in [0.717, 1.165) is 11.0 Å². The number of fused-ring (bicyclic) bond motifs is 2. The van der Waals surface area contributed by atoms with Crippen molar-refractivity contribution in [3.8, 4) is 6.07 Å². The highest BCUT2D eigenvalue weighted by molar-refractivity contribution is 5.99. The van der Waals surface area contributed by atoms with Gasteiger partial charge in [0.2, 0.25) is 5.82 Å². The smallest absolute Gasteiger partial charge is 0.308 e. The van der Waals surface area contributed by atoms with E-state index in [0.29, 0.717) is 16.6 Å². The van der Waals surface area contributed by atoms with Gasteiger partial charge in [-0.3, -0.25) is 13.9 Å². The lowest BCUT2D eigenvalue weighted by Gasteiger charge is -2.06. The molecule has 26 heavy (non-hydrogen) atoms. The second-order valence-corrected chi connectivity index (χ2v) is 6.15. The Morgan fingerprint density at radius 1 is 1.08 bits per heavy atom. The topological polar surface area (TPSA) is 85.6 Å². The number of carbonyl (C=O) groups is 1. The minimum Gasteiger partial charge on any atom is -0.308 e. The number of nitriles is 1. The number of hydrogen-bond donors (Lipinski definition) is 0. The molecule has 0 bridgehead atoms. The molecule has 4 aromatic rings. The second-order valence-electron chi connectivity index (χ2n) is 6.15. The summed E-state index contributed by atoms with van der Waals surface area (Å²) in [7, 11) is 3.37. The zero-order valence-corrected chi connectivity index (χ0v) is 14.3. The van der Waals surface area contributed by atoms with Gasteiger partial charge in [-0.15, -0.1) is 0 Å². The van der Waals surface area contributed by atoms with Crippen molar-refractivity contribution in [3.05, 3.63) is 64.3 Å². The Hall–Kier alpha value is -3.66. The molecule has 4 rings (SSSR count). The SMILES string of the molecule is Cn1c(=O)n(C)c2cc(C(=O)Cn3c(C#N)nc4ccccc43)ccc21. The summed E-state index contributed by atoms with van der Waals surface area (Å²) >= 11 is 0. The standard InChI is InChI=1S/C19H15N5O2/c1-22-15-8-7-12(9-16(15)23(2)19(22)26)17(25)11-24-14-6-4-3-5-13(14)21-18(24)10-20/h3-9H,11H2,1-2H3. The van der Waals surface area contributed by atoms with E-state index in [4.69, 9.17) is 0 Å². The fourth-order valence-corrected chi connectivity index (χ4v) is 3.24. The number of carbonyl (C=O) groups excluding carboxylic acids is 1. The molecule has 0 aliphatic heterocycles. The summed E-state index contributed by atoms with van der Waals surface area (Å²) in [5, 5.41) is 9.33. The summed E-state index contributed by atoms with van der Waals surface area (Å²) in [6.45, 7) is 0.00962. The molecule has 0 aliphatic carbocycles. The minimum atomic E-state index is -0.150. The van der Waals surface area contributed by atoms with Crippen molar-refractivity contribution in [2.45, 2.75) is 6.54 Å². The van der Waals surface area contributed by atoms with Gasteiger partial charge in [0.1, 0.15) is 6.07 Å². The Morgan fingerprint density at radius 3 is 2.58 bits per heavy atom. The largest absolute Gasteiger partial charge is 0.328 e. The van der Waals surface area contributed by atoms with E-state index >= 15 is 0 Å². The first-order valence-electron chi connectivity index (χ1n) is 8.05. The maximum atomic E-state index is 12.8. The van der Waals surface area contributed by atoms with Gasteiger partial charge in [-0.25, -0.2) is 9.78 Å². The third kappa shape index (κ3) is 2.24. The fourth-order valence-electron chi connectivity index (χ4n) is 3.24. The maximum Gasteiger partial charge on any atom is 0.328 e. The number of aryl methyl sites for hydroxylation is 2. The van der Waals surface area contributed by atoms with Crippen molar-refractivity contribution < 1.29 is 4.79 Å². The van der Waals surface area contributed by atoms with Gasteiger partial charge in [0.25, 0.3) is 0 Å². The lowest BCUT2D eigenvalue weighted by atomic mass is 10.1. The highest BCUT2D eigenvalue weighted by Crippen LogP contribution is 2.18. The van der Waals surface area contributed by atoms with Crippen LogP contribution in [-0.2, 0) is 20.6 Å². The number of Topliss-reactive ketones (excluding diaryl/α,β-unsaturated/α-hetero) is 1. The molecular weight excluding hydrogens is 330 g/mol. The maximum absolute atomic E-state index is 12.8. The first kappa shape index (κ1) is 15.8. The number of aromatic nitrogens is 4. The molecule has 2 aromatic carbocycles.